The van der Waals surface area contributed by atoms with Gasteiger partial charge in [0, 0.05) is 17.3 Å². The van der Waals surface area contributed by atoms with Crippen LogP contribution in [-0.2, 0) is 0 Å². The molecule has 0 radical (unpaired) electrons. The van der Waals surface area contributed by atoms with Crippen LogP contribution in [0.3, 0.4) is 0 Å². The first kappa shape index (κ1) is 10.3. The Labute approximate surface area is 91.6 Å². The van der Waals surface area contributed by atoms with Gasteiger partial charge in [-0.1, -0.05) is 22.7 Å². The van der Waals surface area contributed by atoms with E-state index in [-0.39, 0.29) is 6.61 Å². The fraction of sp³-hybridized carbons (Fsp3) is 0.667. The van der Waals surface area contributed by atoms with Crippen LogP contribution in [0.5, 0.6) is 0 Å². The number of nitrogens with zero attached hydrogens (tertiary/aromatic N) is 2. The monoisotopic (exact) mass is 231 g/mol. The van der Waals surface area contributed by atoms with Crippen molar-refractivity contribution in [1.29, 1.82) is 0 Å². The fourth-order valence-corrected chi connectivity index (χ4v) is 3.54. The number of rotatable bonds is 2. The summed E-state index contributed by atoms with van der Waals surface area (Å²) in [6.45, 7) is 5.44. The van der Waals surface area contributed by atoms with Gasteiger partial charge in [-0.15, -0.1) is 0 Å². The second-order valence-electron chi connectivity index (χ2n) is 3.33. The first-order chi connectivity index (χ1) is 6.90. The summed E-state index contributed by atoms with van der Waals surface area (Å²) in [7, 11) is 0. The third kappa shape index (κ3) is 2.42. The van der Waals surface area contributed by atoms with E-state index in [0.717, 1.165) is 32.7 Å². The van der Waals surface area contributed by atoms with E-state index in [9.17, 15) is 0 Å². The summed E-state index contributed by atoms with van der Waals surface area (Å²) in [5.41, 5.74) is 0. The maximum Gasteiger partial charge on any atom is 0.313 e. The topological polar surface area (TPSA) is 26.5 Å². The molecule has 1 aromatic heterocycles. The van der Waals surface area contributed by atoms with Crippen LogP contribution in [0.25, 0.3) is 0 Å². The Morgan fingerprint density at radius 2 is 1.93 bits per heavy atom. The highest BCUT2D eigenvalue weighted by atomic mass is 32.2. The van der Waals surface area contributed by atoms with Crippen LogP contribution in [0.2, 0.25) is 0 Å². The minimum absolute atomic E-state index is 0.279. The van der Waals surface area contributed by atoms with Crippen LogP contribution in [0.1, 0.15) is 0 Å². The maximum absolute atomic E-state index is 8.82. The van der Waals surface area contributed by atoms with Crippen LogP contribution in [-0.4, -0.2) is 49.3 Å². The van der Waals surface area contributed by atoms with Crippen molar-refractivity contribution in [3.05, 3.63) is 14.7 Å². The molecular formula is C9H15N2OS2+. The summed E-state index contributed by atoms with van der Waals surface area (Å²) in [6, 6.07) is 0. The Morgan fingerprint density at radius 1 is 1.29 bits per heavy atom. The third-order valence-corrected chi connectivity index (χ3v) is 4.65. The van der Waals surface area contributed by atoms with Crippen LogP contribution in [0.4, 0.5) is 0 Å². The predicted octanol–water partition coefficient (Wildman–Crippen LogP) is -0.110. The molecule has 1 N–H and O–H groups in total. The largest absolute Gasteiger partial charge is 0.395 e. The molecular weight excluding hydrogens is 216 g/mol. The molecule has 0 atom stereocenters. The second kappa shape index (κ2) is 5.02. The summed E-state index contributed by atoms with van der Waals surface area (Å²) in [6.07, 6.45) is 0. The van der Waals surface area contributed by atoms with Crippen LogP contribution < -0.4 is 8.56 Å². The van der Waals surface area contributed by atoms with Gasteiger partial charge >= 0.3 is 3.98 Å². The molecule has 3 nitrogen and oxygen atoms in total. The molecule has 2 rings (SSSR count). The van der Waals surface area contributed by atoms with E-state index < -0.39 is 0 Å². The quantitative estimate of drug-likeness (QED) is 0.719. The van der Waals surface area contributed by atoms with Crippen molar-refractivity contribution in [3.8, 4) is 0 Å². The Balaban J connectivity index is 2.00. The molecule has 1 aromatic rings. The van der Waals surface area contributed by atoms with Crippen molar-refractivity contribution < 1.29 is 5.11 Å². The van der Waals surface area contributed by atoms with E-state index in [2.05, 4.69) is 20.2 Å². The third-order valence-electron chi connectivity index (χ3n) is 2.44. The summed E-state index contributed by atoms with van der Waals surface area (Å²) >= 11 is 3.64. The van der Waals surface area contributed by atoms with Gasteiger partial charge in [0.15, 0.2) is 13.1 Å². The first-order valence-electron chi connectivity index (χ1n) is 4.83. The van der Waals surface area contributed by atoms with Crippen molar-refractivity contribution in [2.24, 2.45) is 0 Å². The summed E-state index contributed by atoms with van der Waals surface area (Å²) in [5.74, 6) is 0. The van der Waals surface area contributed by atoms with E-state index in [0.29, 0.717) is 0 Å². The van der Waals surface area contributed by atoms with Crippen LogP contribution in [0.15, 0.2) is 10.8 Å². The number of aliphatic hydroxyl groups is 1. The molecule has 1 aliphatic rings. The van der Waals surface area contributed by atoms with E-state index >= 15 is 0 Å². The number of hydrogen-bond donors (Lipinski definition) is 1. The zero-order valence-electron chi connectivity index (χ0n) is 8.06. The second-order valence-corrected chi connectivity index (χ2v) is 5.37. The highest BCUT2D eigenvalue weighted by molar-refractivity contribution is 7.24. The standard InChI is InChI=1S/C9H15N2OS2/c12-6-5-10-1-3-11(4-2-10)9-13-7-8-14-9/h7-8,12H,1-6H2/q+1. The van der Waals surface area contributed by atoms with E-state index in [4.69, 9.17) is 5.11 Å². The fourth-order valence-electron chi connectivity index (χ4n) is 1.64. The lowest BCUT2D eigenvalue weighted by molar-refractivity contribution is 0.172. The van der Waals surface area contributed by atoms with E-state index in [1.807, 2.05) is 22.7 Å². The minimum atomic E-state index is 0.279. The molecule has 0 aliphatic carbocycles. The van der Waals surface area contributed by atoms with Crippen molar-refractivity contribution in [2.75, 3.05) is 39.3 Å². The Morgan fingerprint density at radius 3 is 2.50 bits per heavy atom. The van der Waals surface area contributed by atoms with Crippen molar-refractivity contribution in [3.63, 3.8) is 0 Å². The van der Waals surface area contributed by atoms with Gasteiger partial charge in [-0.2, -0.15) is 0 Å². The predicted molar refractivity (Wildman–Crippen MR) is 60.7 cm³/mol. The maximum atomic E-state index is 8.82. The minimum Gasteiger partial charge on any atom is -0.395 e. The van der Waals surface area contributed by atoms with Crippen molar-refractivity contribution in [2.45, 2.75) is 0 Å². The highest BCUT2D eigenvalue weighted by Crippen LogP contribution is 1.97. The molecule has 1 saturated heterocycles. The summed E-state index contributed by atoms with van der Waals surface area (Å²) < 4.78 is 3.84. The van der Waals surface area contributed by atoms with Gasteiger partial charge in [0.2, 0.25) is 0 Å². The average molecular weight is 231 g/mol. The van der Waals surface area contributed by atoms with Crippen molar-refractivity contribution in [1.82, 2.24) is 9.48 Å². The number of aliphatic hydroxyl groups excluding tert-OH is 1. The normalized spacial score (nSPS) is 18.8. The zero-order valence-corrected chi connectivity index (χ0v) is 9.69. The first-order valence-corrected chi connectivity index (χ1v) is 6.59. The molecule has 14 heavy (non-hydrogen) atoms. The number of piperazine rings is 1. The van der Waals surface area contributed by atoms with E-state index in [1.165, 1.54) is 3.98 Å². The molecule has 0 spiro atoms. The molecule has 1 fully saturated rings. The summed E-state index contributed by atoms with van der Waals surface area (Å²) in [5, 5.41) is 13.1. The van der Waals surface area contributed by atoms with Gasteiger partial charge in [-0.3, -0.25) is 4.90 Å². The van der Waals surface area contributed by atoms with Gasteiger partial charge in [-0.05, 0) is 0 Å². The smallest absolute Gasteiger partial charge is 0.313 e. The number of hydrogen-bond acceptors (Lipinski definition) is 4. The SMILES string of the molecule is OCCN1CC[N+](=c2sccs2)CC1. The lowest BCUT2D eigenvalue weighted by Crippen LogP contribution is -2.47. The summed E-state index contributed by atoms with van der Waals surface area (Å²) in [4.78, 5) is 2.31. The van der Waals surface area contributed by atoms with Gasteiger partial charge in [-0.25, -0.2) is 4.58 Å². The number of β-amino-alcohol motifs (C(OH)–C–C–N with tert-alkyl or cyclic N) is 1. The lowest BCUT2D eigenvalue weighted by Gasteiger charge is -2.23. The molecule has 0 aromatic carbocycles. The molecule has 0 unspecified atom stereocenters. The zero-order chi connectivity index (χ0) is 9.80. The Bertz CT molecular complexity index is 318. The molecule has 0 amide bonds. The lowest BCUT2D eigenvalue weighted by atomic mass is 10.3. The van der Waals surface area contributed by atoms with Crippen LogP contribution in [0, 0.1) is 0 Å². The molecule has 1 aliphatic heterocycles. The molecule has 0 bridgehead atoms. The molecule has 78 valence electrons. The Kier molecular flexibility index (Phi) is 3.69. The highest BCUT2D eigenvalue weighted by Gasteiger charge is 2.18. The Hall–Kier alpha value is -0.230. The van der Waals surface area contributed by atoms with Crippen molar-refractivity contribution >= 4 is 22.7 Å². The van der Waals surface area contributed by atoms with E-state index in [1.54, 1.807) is 0 Å². The molecule has 2 heterocycles. The van der Waals surface area contributed by atoms with Gasteiger partial charge in [0.05, 0.1) is 19.7 Å². The molecule has 0 saturated carbocycles. The van der Waals surface area contributed by atoms with Gasteiger partial charge in [0.1, 0.15) is 0 Å². The van der Waals surface area contributed by atoms with Crippen LogP contribution >= 0.6 is 22.7 Å². The van der Waals surface area contributed by atoms with Gasteiger partial charge in [0.25, 0.3) is 0 Å². The average Bonchev–Trinajstić information content (AvgIpc) is 2.72. The molecule has 5 heteroatoms. The van der Waals surface area contributed by atoms with Gasteiger partial charge < -0.3 is 5.11 Å².